The fourth-order valence-electron chi connectivity index (χ4n) is 2.71. The molecule has 0 aliphatic carbocycles. The van der Waals surface area contributed by atoms with E-state index in [9.17, 15) is 13.2 Å². The smallest absolute Gasteiger partial charge is 0.303 e. The van der Waals surface area contributed by atoms with Crippen LogP contribution in [0.1, 0.15) is 39.5 Å². The third kappa shape index (κ3) is 5.29. The van der Waals surface area contributed by atoms with Crippen molar-refractivity contribution < 1.29 is 13.2 Å². The first-order chi connectivity index (χ1) is 9.30. The van der Waals surface area contributed by atoms with Gasteiger partial charge in [0.25, 0.3) is 0 Å². The molecule has 1 fully saturated rings. The maximum atomic E-state index is 12.5. The first kappa shape index (κ1) is 17.3. The topological polar surface area (TPSA) is 39.1 Å². The summed E-state index contributed by atoms with van der Waals surface area (Å²) in [5.74, 6) is -1.13. The van der Waals surface area contributed by atoms with E-state index in [1.165, 1.54) is 0 Å². The van der Waals surface area contributed by atoms with Crippen LogP contribution in [0.25, 0.3) is 0 Å². The van der Waals surface area contributed by atoms with Crippen LogP contribution in [0.5, 0.6) is 0 Å². The number of hydrogen-bond donors (Lipinski definition) is 1. The molecule has 1 atom stereocenters. The fraction of sp³-hybridized carbons (Fsp3) is 0.929. The Morgan fingerprint density at radius 3 is 2.35 bits per heavy atom. The number of nitrogens with zero attached hydrogens (tertiary/aromatic N) is 2. The maximum absolute atomic E-state index is 12.5. The monoisotopic (exact) mass is 291 g/mol. The Labute approximate surface area is 119 Å². The minimum absolute atomic E-state index is 0.201. The highest BCUT2D eigenvalue weighted by Crippen LogP contribution is 2.34. The van der Waals surface area contributed by atoms with Gasteiger partial charge in [-0.25, -0.2) is 0 Å². The molecule has 0 aromatic carbocycles. The highest BCUT2D eigenvalue weighted by molar-refractivity contribution is 5.03. The van der Waals surface area contributed by atoms with Crippen molar-refractivity contribution in [3.8, 4) is 6.07 Å². The van der Waals surface area contributed by atoms with Gasteiger partial charge in [0.2, 0.25) is 0 Å². The molecule has 1 saturated heterocycles. The van der Waals surface area contributed by atoms with E-state index in [4.69, 9.17) is 5.26 Å². The molecule has 1 rings (SSSR count). The van der Waals surface area contributed by atoms with Gasteiger partial charge in [-0.05, 0) is 58.8 Å². The predicted octanol–water partition coefficient (Wildman–Crippen LogP) is 2.93. The molecule has 1 aliphatic rings. The standard InChI is InChI=1S/C14H24F3N3/c1-3-19-13(2,11-18)7-4-8-20-9-5-12(6-10-20)14(15,16)17/h12,19H,3-10H2,1-2H3. The van der Waals surface area contributed by atoms with Crippen molar-refractivity contribution in [2.45, 2.75) is 51.2 Å². The normalized spacial score (nSPS) is 21.4. The highest BCUT2D eigenvalue weighted by Gasteiger charge is 2.40. The summed E-state index contributed by atoms with van der Waals surface area (Å²) in [4.78, 5) is 2.08. The van der Waals surface area contributed by atoms with Gasteiger partial charge in [0, 0.05) is 0 Å². The summed E-state index contributed by atoms with van der Waals surface area (Å²) in [7, 11) is 0. The number of halogens is 3. The minimum Gasteiger partial charge on any atom is -0.303 e. The second-order valence-corrected chi connectivity index (χ2v) is 5.74. The molecular formula is C14H24F3N3. The van der Waals surface area contributed by atoms with Crippen molar-refractivity contribution in [1.82, 2.24) is 10.2 Å². The van der Waals surface area contributed by atoms with Gasteiger partial charge >= 0.3 is 6.18 Å². The first-order valence-corrected chi connectivity index (χ1v) is 7.26. The summed E-state index contributed by atoms with van der Waals surface area (Å²) in [5, 5.41) is 12.3. The molecule has 1 unspecified atom stereocenters. The molecule has 116 valence electrons. The molecule has 20 heavy (non-hydrogen) atoms. The number of likely N-dealkylation sites (tertiary alicyclic amines) is 1. The van der Waals surface area contributed by atoms with Crippen molar-refractivity contribution >= 4 is 0 Å². The predicted molar refractivity (Wildman–Crippen MR) is 72.1 cm³/mol. The lowest BCUT2D eigenvalue weighted by Crippen LogP contribution is -2.42. The molecule has 1 aliphatic heterocycles. The largest absolute Gasteiger partial charge is 0.391 e. The minimum atomic E-state index is -4.05. The molecule has 3 nitrogen and oxygen atoms in total. The van der Waals surface area contributed by atoms with Gasteiger partial charge in [0.15, 0.2) is 0 Å². The molecule has 0 radical (unpaired) electrons. The molecule has 1 N–H and O–H groups in total. The molecule has 0 amide bonds. The van der Waals surface area contributed by atoms with E-state index >= 15 is 0 Å². The quantitative estimate of drug-likeness (QED) is 0.818. The van der Waals surface area contributed by atoms with E-state index in [1.54, 1.807) is 0 Å². The van der Waals surface area contributed by atoms with Gasteiger partial charge in [-0.2, -0.15) is 18.4 Å². The maximum Gasteiger partial charge on any atom is 0.391 e. The Hall–Kier alpha value is -0.800. The first-order valence-electron chi connectivity index (χ1n) is 7.26. The molecule has 0 spiro atoms. The van der Waals surface area contributed by atoms with Crippen LogP contribution in [0.3, 0.4) is 0 Å². The van der Waals surface area contributed by atoms with Gasteiger partial charge in [-0.1, -0.05) is 6.92 Å². The van der Waals surface area contributed by atoms with Crippen molar-refractivity contribution in [2.75, 3.05) is 26.2 Å². The SMILES string of the molecule is CCNC(C)(C#N)CCCN1CCC(C(F)(F)F)CC1. The molecule has 6 heteroatoms. The Kier molecular flexibility index (Phi) is 6.28. The van der Waals surface area contributed by atoms with E-state index in [1.807, 2.05) is 13.8 Å². The lowest BCUT2D eigenvalue weighted by molar-refractivity contribution is -0.185. The van der Waals surface area contributed by atoms with Crippen LogP contribution in [-0.4, -0.2) is 42.8 Å². The Morgan fingerprint density at radius 2 is 1.90 bits per heavy atom. The van der Waals surface area contributed by atoms with Crippen LogP contribution >= 0.6 is 0 Å². The number of nitriles is 1. The number of piperidine rings is 1. The van der Waals surface area contributed by atoms with Gasteiger partial charge in [0.05, 0.1) is 12.0 Å². The van der Waals surface area contributed by atoms with Crippen LogP contribution in [0, 0.1) is 17.2 Å². The van der Waals surface area contributed by atoms with Gasteiger partial charge < -0.3 is 4.90 Å². The van der Waals surface area contributed by atoms with Gasteiger partial charge in [-0.3, -0.25) is 5.32 Å². The Morgan fingerprint density at radius 1 is 1.30 bits per heavy atom. The zero-order chi connectivity index (χ0) is 15.2. The number of hydrogen-bond acceptors (Lipinski definition) is 3. The molecule has 0 aromatic heterocycles. The Balaban J connectivity index is 2.27. The number of rotatable bonds is 6. The summed E-state index contributed by atoms with van der Waals surface area (Å²) in [6, 6.07) is 2.27. The fourth-order valence-corrected chi connectivity index (χ4v) is 2.71. The lowest BCUT2D eigenvalue weighted by Gasteiger charge is -2.33. The molecule has 1 heterocycles. The molecule has 0 saturated carbocycles. The summed E-state index contributed by atoms with van der Waals surface area (Å²) in [5.41, 5.74) is -0.529. The van der Waals surface area contributed by atoms with Crippen molar-refractivity contribution in [2.24, 2.45) is 5.92 Å². The van der Waals surface area contributed by atoms with Gasteiger partial charge in [-0.15, -0.1) is 0 Å². The summed E-state index contributed by atoms with van der Waals surface area (Å²) in [6.07, 6.45) is -2.10. The number of nitrogens with one attached hydrogen (secondary N) is 1. The zero-order valence-corrected chi connectivity index (χ0v) is 12.3. The third-order valence-electron chi connectivity index (χ3n) is 4.02. The van der Waals surface area contributed by atoms with E-state index in [2.05, 4.69) is 16.3 Å². The van der Waals surface area contributed by atoms with Crippen molar-refractivity contribution in [1.29, 1.82) is 5.26 Å². The zero-order valence-electron chi connectivity index (χ0n) is 12.3. The van der Waals surface area contributed by atoms with Crippen LogP contribution in [-0.2, 0) is 0 Å². The van der Waals surface area contributed by atoms with Crippen molar-refractivity contribution in [3.63, 3.8) is 0 Å². The van der Waals surface area contributed by atoms with E-state index in [-0.39, 0.29) is 12.8 Å². The van der Waals surface area contributed by atoms with E-state index in [0.29, 0.717) is 13.1 Å². The van der Waals surface area contributed by atoms with Crippen LogP contribution in [0.4, 0.5) is 13.2 Å². The van der Waals surface area contributed by atoms with E-state index in [0.717, 1.165) is 25.9 Å². The molecular weight excluding hydrogens is 267 g/mol. The van der Waals surface area contributed by atoms with Gasteiger partial charge in [0.1, 0.15) is 5.54 Å². The Bertz CT molecular complexity index is 330. The second-order valence-electron chi connectivity index (χ2n) is 5.74. The van der Waals surface area contributed by atoms with Crippen LogP contribution < -0.4 is 5.32 Å². The van der Waals surface area contributed by atoms with Crippen LogP contribution in [0.15, 0.2) is 0 Å². The molecule has 0 aromatic rings. The van der Waals surface area contributed by atoms with Crippen molar-refractivity contribution in [3.05, 3.63) is 0 Å². The average Bonchev–Trinajstić information content (AvgIpc) is 2.38. The summed E-state index contributed by atoms with van der Waals surface area (Å²) >= 11 is 0. The average molecular weight is 291 g/mol. The summed E-state index contributed by atoms with van der Waals surface area (Å²) in [6.45, 7) is 6.35. The van der Waals surface area contributed by atoms with Crippen LogP contribution in [0.2, 0.25) is 0 Å². The second kappa shape index (κ2) is 7.28. The third-order valence-corrected chi connectivity index (χ3v) is 4.02. The highest BCUT2D eigenvalue weighted by atomic mass is 19.4. The summed E-state index contributed by atoms with van der Waals surface area (Å²) < 4.78 is 37.6. The molecule has 0 bridgehead atoms. The number of alkyl halides is 3. The lowest BCUT2D eigenvalue weighted by atomic mass is 9.94. The van der Waals surface area contributed by atoms with E-state index < -0.39 is 17.6 Å².